The monoisotopic (exact) mass is 281 g/mol. The van der Waals surface area contributed by atoms with Gasteiger partial charge in [0.1, 0.15) is 17.9 Å². The molecule has 20 heavy (non-hydrogen) atoms. The molecule has 0 radical (unpaired) electrons. The summed E-state index contributed by atoms with van der Waals surface area (Å²) in [7, 11) is 1.36. The van der Waals surface area contributed by atoms with Gasteiger partial charge >= 0.3 is 5.97 Å². The van der Waals surface area contributed by atoms with Crippen LogP contribution in [0, 0.1) is 0 Å². The van der Waals surface area contributed by atoms with E-state index in [-0.39, 0.29) is 19.2 Å². The average Bonchev–Trinajstić information content (AvgIpc) is 2.46. The standard InChI is InChI=1S/C15H23NO4/c1-4-16-15(2,14(18)19-3)11-20-13-7-5-12(6-8-13)9-10-17/h5-8,16-17H,4,9-11H2,1-3H3. The number of carbonyl (C=O) groups is 1. The third-order valence-corrected chi connectivity index (χ3v) is 3.05. The number of carbonyl (C=O) groups excluding carboxylic acids is 1. The Bertz CT molecular complexity index is 418. The molecule has 0 saturated carbocycles. The first kappa shape index (κ1) is 16.5. The van der Waals surface area contributed by atoms with E-state index in [0.717, 1.165) is 5.56 Å². The van der Waals surface area contributed by atoms with Crippen molar-refractivity contribution in [3.8, 4) is 5.75 Å². The first-order chi connectivity index (χ1) is 9.55. The number of benzene rings is 1. The molecule has 0 bridgehead atoms. The molecule has 0 aliphatic carbocycles. The predicted molar refractivity (Wildman–Crippen MR) is 76.8 cm³/mol. The van der Waals surface area contributed by atoms with Crippen LogP contribution >= 0.6 is 0 Å². The van der Waals surface area contributed by atoms with Gasteiger partial charge in [0.25, 0.3) is 0 Å². The van der Waals surface area contributed by atoms with Gasteiger partial charge in [0.15, 0.2) is 0 Å². The molecule has 112 valence electrons. The number of nitrogens with one attached hydrogen (secondary N) is 1. The van der Waals surface area contributed by atoms with Gasteiger partial charge in [-0.25, -0.2) is 4.79 Å². The van der Waals surface area contributed by atoms with Gasteiger partial charge in [0.2, 0.25) is 0 Å². The molecule has 2 N–H and O–H groups in total. The molecular weight excluding hydrogens is 258 g/mol. The van der Waals surface area contributed by atoms with E-state index in [4.69, 9.17) is 14.6 Å². The van der Waals surface area contributed by atoms with Crippen molar-refractivity contribution >= 4 is 5.97 Å². The van der Waals surface area contributed by atoms with Crippen molar-refractivity contribution in [2.24, 2.45) is 0 Å². The highest BCUT2D eigenvalue weighted by Crippen LogP contribution is 2.15. The molecule has 1 atom stereocenters. The summed E-state index contributed by atoms with van der Waals surface area (Å²) in [6.07, 6.45) is 0.623. The summed E-state index contributed by atoms with van der Waals surface area (Å²) < 4.78 is 10.5. The number of hydrogen-bond donors (Lipinski definition) is 2. The maximum Gasteiger partial charge on any atom is 0.329 e. The molecular formula is C15H23NO4. The molecule has 1 rings (SSSR count). The number of likely N-dealkylation sites (N-methyl/N-ethyl adjacent to an activating group) is 1. The van der Waals surface area contributed by atoms with Gasteiger partial charge in [0, 0.05) is 6.61 Å². The predicted octanol–water partition coefficient (Wildman–Crippen LogP) is 1.14. The Balaban J connectivity index is 2.65. The quantitative estimate of drug-likeness (QED) is 0.699. The fourth-order valence-electron chi connectivity index (χ4n) is 1.91. The van der Waals surface area contributed by atoms with E-state index in [0.29, 0.717) is 18.7 Å². The second-order valence-corrected chi connectivity index (χ2v) is 4.76. The van der Waals surface area contributed by atoms with Crippen molar-refractivity contribution in [2.75, 3.05) is 26.9 Å². The summed E-state index contributed by atoms with van der Waals surface area (Å²) in [4.78, 5) is 11.8. The zero-order valence-corrected chi connectivity index (χ0v) is 12.3. The van der Waals surface area contributed by atoms with Crippen LogP contribution in [0.5, 0.6) is 5.75 Å². The lowest BCUT2D eigenvalue weighted by Crippen LogP contribution is -2.54. The third kappa shape index (κ3) is 4.51. The maximum atomic E-state index is 11.8. The molecule has 0 aromatic heterocycles. The van der Waals surface area contributed by atoms with Gasteiger partial charge < -0.3 is 14.6 Å². The number of rotatable bonds is 8. The summed E-state index contributed by atoms with van der Waals surface area (Å²) in [6, 6.07) is 7.45. The molecule has 0 aliphatic rings. The van der Waals surface area contributed by atoms with Crippen molar-refractivity contribution in [1.29, 1.82) is 0 Å². The Kier molecular flexibility index (Phi) is 6.48. The van der Waals surface area contributed by atoms with Crippen LogP contribution < -0.4 is 10.1 Å². The second-order valence-electron chi connectivity index (χ2n) is 4.76. The molecule has 1 unspecified atom stereocenters. The Morgan fingerprint density at radius 3 is 2.50 bits per heavy atom. The summed E-state index contributed by atoms with van der Waals surface area (Å²) in [5.41, 5.74) is 0.176. The third-order valence-electron chi connectivity index (χ3n) is 3.05. The Morgan fingerprint density at radius 1 is 1.35 bits per heavy atom. The van der Waals surface area contributed by atoms with E-state index >= 15 is 0 Å². The largest absolute Gasteiger partial charge is 0.491 e. The summed E-state index contributed by atoms with van der Waals surface area (Å²) in [6.45, 7) is 4.63. The SMILES string of the molecule is CCNC(C)(COc1ccc(CCO)cc1)C(=O)OC. The zero-order chi connectivity index (χ0) is 15.0. The van der Waals surface area contributed by atoms with Crippen LogP contribution in [-0.4, -0.2) is 43.5 Å². The fraction of sp³-hybridized carbons (Fsp3) is 0.533. The lowest BCUT2D eigenvalue weighted by atomic mass is 10.0. The van der Waals surface area contributed by atoms with Crippen molar-refractivity contribution in [1.82, 2.24) is 5.32 Å². The highest BCUT2D eigenvalue weighted by atomic mass is 16.5. The van der Waals surface area contributed by atoms with Gasteiger partial charge in [-0.1, -0.05) is 19.1 Å². The first-order valence-electron chi connectivity index (χ1n) is 6.71. The van der Waals surface area contributed by atoms with Crippen LogP contribution in [0.4, 0.5) is 0 Å². The molecule has 0 amide bonds. The van der Waals surface area contributed by atoms with E-state index < -0.39 is 5.54 Å². The second kappa shape index (κ2) is 7.87. The Morgan fingerprint density at radius 2 is 2.00 bits per heavy atom. The van der Waals surface area contributed by atoms with Gasteiger partial charge in [0.05, 0.1) is 7.11 Å². The Labute approximate surface area is 119 Å². The van der Waals surface area contributed by atoms with Crippen LogP contribution in [0.2, 0.25) is 0 Å². The van der Waals surface area contributed by atoms with E-state index in [2.05, 4.69) is 5.32 Å². The smallest absolute Gasteiger partial charge is 0.329 e. The minimum atomic E-state index is -0.868. The number of methoxy groups -OCH3 is 1. The molecule has 0 saturated heterocycles. The fourth-order valence-corrected chi connectivity index (χ4v) is 1.91. The molecule has 0 fully saturated rings. The van der Waals surface area contributed by atoms with Crippen LogP contribution in [0.25, 0.3) is 0 Å². The highest BCUT2D eigenvalue weighted by molar-refractivity contribution is 5.80. The summed E-state index contributed by atoms with van der Waals surface area (Å²) in [5.74, 6) is 0.330. The molecule has 1 aromatic rings. The van der Waals surface area contributed by atoms with Crippen molar-refractivity contribution in [3.63, 3.8) is 0 Å². The van der Waals surface area contributed by atoms with E-state index in [1.54, 1.807) is 6.92 Å². The van der Waals surface area contributed by atoms with Crippen LogP contribution in [0.1, 0.15) is 19.4 Å². The van der Waals surface area contributed by atoms with Gasteiger partial charge in [-0.3, -0.25) is 5.32 Å². The minimum absolute atomic E-state index is 0.126. The number of esters is 1. The van der Waals surface area contributed by atoms with Gasteiger partial charge in [-0.15, -0.1) is 0 Å². The lowest BCUT2D eigenvalue weighted by molar-refractivity contribution is -0.149. The van der Waals surface area contributed by atoms with Crippen molar-refractivity contribution in [3.05, 3.63) is 29.8 Å². The maximum absolute atomic E-state index is 11.8. The topological polar surface area (TPSA) is 67.8 Å². The van der Waals surface area contributed by atoms with Crippen molar-refractivity contribution in [2.45, 2.75) is 25.8 Å². The van der Waals surface area contributed by atoms with Crippen LogP contribution in [-0.2, 0) is 16.0 Å². The minimum Gasteiger partial charge on any atom is -0.491 e. The highest BCUT2D eigenvalue weighted by Gasteiger charge is 2.34. The molecule has 0 heterocycles. The lowest BCUT2D eigenvalue weighted by Gasteiger charge is -2.27. The first-order valence-corrected chi connectivity index (χ1v) is 6.71. The normalized spacial score (nSPS) is 13.6. The van der Waals surface area contributed by atoms with Gasteiger partial charge in [-0.05, 0) is 37.6 Å². The van der Waals surface area contributed by atoms with E-state index in [1.165, 1.54) is 7.11 Å². The summed E-state index contributed by atoms with van der Waals surface area (Å²) in [5, 5.41) is 11.9. The van der Waals surface area contributed by atoms with Crippen molar-refractivity contribution < 1.29 is 19.4 Å². The number of aliphatic hydroxyl groups excluding tert-OH is 1. The zero-order valence-electron chi connectivity index (χ0n) is 12.3. The molecule has 0 aliphatic heterocycles. The summed E-state index contributed by atoms with van der Waals surface area (Å²) >= 11 is 0. The number of ether oxygens (including phenoxy) is 2. The van der Waals surface area contributed by atoms with Gasteiger partial charge in [-0.2, -0.15) is 0 Å². The van der Waals surface area contributed by atoms with E-state index in [9.17, 15) is 4.79 Å². The average molecular weight is 281 g/mol. The van der Waals surface area contributed by atoms with Crippen LogP contribution in [0.15, 0.2) is 24.3 Å². The molecule has 5 heteroatoms. The Hall–Kier alpha value is -1.59. The van der Waals surface area contributed by atoms with Crippen LogP contribution in [0.3, 0.4) is 0 Å². The number of hydrogen-bond acceptors (Lipinski definition) is 5. The molecule has 0 spiro atoms. The molecule has 5 nitrogen and oxygen atoms in total. The number of aliphatic hydroxyl groups is 1. The van der Waals surface area contributed by atoms with E-state index in [1.807, 2.05) is 31.2 Å². The molecule has 1 aromatic carbocycles.